The van der Waals surface area contributed by atoms with Crippen molar-refractivity contribution >= 4 is 17.7 Å². The van der Waals surface area contributed by atoms with E-state index in [1.54, 1.807) is 6.07 Å². The molecule has 0 bridgehead atoms. The molecule has 0 spiro atoms. The zero-order chi connectivity index (χ0) is 17.5. The molecule has 1 aromatic carbocycles. The SMILES string of the molecule is COC(=O)C[C@@H]1CC[C@H](NC(=O)Nc2cccc(F)c2)[C@@H](CO)O1. The Balaban J connectivity index is 1.87. The molecular weight excluding hydrogens is 319 g/mol. The molecule has 3 N–H and O–H groups in total. The second-order valence-electron chi connectivity index (χ2n) is 5.55. The number of benzene rings is 1. The van der Waals surface area contributed by atoms with Crippen LogP contribution in [0.25, 0.3) is 0 Å². The summed E-state index contributed by atoms with van der Waals surface area (Å²) in [6.07, 6.45) is 0.237. The van der Waals surface area contributed by atoms with Crippen molar-refractivity contribution in [2.75, 3.05) is 19.0 Å². The molecule has 2 amide bonds. The minimum atomic E-state index is -0.619. The number of aliphatic hydroxyl groups excluding tert-OH is 1. The maximum absolute atomic E-state index is 13.1. The molecule has 1 heterocycles. The molecule has 2 rings (SSSR count). The van der Waals surface area contributed by atoms with Crippen molar-refractivity contribution in [2.24, 2.45) is 0 Å². The second kappa shape index (κ2) is 8.60. The number of aliphatic hydroxyl groups is 1. The zero-order valence-electron chi connectivity index (χ0n) is 13.3. The lowest BCUT2D eigenvalue weighted by atomic mass is 9.97. The summed E-state index contributed by atoms with van der Waals surface area (Å²) in [4.78, 5) is 23.3. The number of hydrogen-bond donors (Lipinski definition) is 3. The number of urea groups is 1. The number of ether oxygens (including phenoxy) is 2. The first-order chi connectivity index (χ1) is 11.5. The van der Waals surface area contributed by atoms with Crippen LogP contribution in [0.15, 0.2) is 24.3 Å². The van der Waals surface area contributed by atoms with Crippen molar-refractivity contribution < 1.29 is 28.6 Å². The summed E-state index contributed by atoms with van der Waals surface area (Å²) in [5.74, 6) is -0.834. The Morgan fingerprint density at radius 3 is 2.88 bits per heavy atom. The fourth-order valence-electron chi connectivity index (χ4n) is 2.62. The van der Waals surface area contributed by atoms with E-state index < -0.39 is 24.0 Å². The van der Waals surface area contributed by atoms with Gasteiger partial charge < -0.3 is 25.2 Å². The molecule has 0 aliphatic carbocycles. The number of amides is 2. The van der Waals surface area contributed by atoms with Gasteiger partial charge in [-0.25, -0.2) is 9.18 Å². The first-order valence-corrected chi connectivity index (χ1v) is 7.68. The molecule has 0 unspecified atom stereocenters. The standard InChI is InChI=1S/C16H21FN2O5/c1-23-15(21)8-12-5-6-13(14(9-20)24-12)19-16(22)18-11-4-2-3-10(17)7-11/h2-4,7,12-14,20H,5-6,8-9H2,1H3,(H2,18,19,22)/t12-,13-,14+/m0/s1. The first-order valence-electron chi connectivity index (χ1n) is 7.68. The van der Waals surface area contributed by atoms with E-state index in [4.69, 9.17) is 4.74 Å². The van der Waals surface area contributed by atoms with Crippen LogP contribution in [0.4, 0.5) is 14.9 Å². The molecule has 0 radical (unpaired) electrons. The third kappa shape index (κ3) is 5.17. The molecule has 132 valence electrons. The van der Waals surface area contributed by atoms with E-state index in [0.717, 1.165) is 0 Å². The number of carbonyl (C=O) groups is 2. The lowest BCUT2D eigenvalue weighted by molar-refractivity contribution is -0.149. The van der Waals surface area contributed by atoms with E-state index in [0.29, 0.717) is 18.5 Å². The van der Waals surface area contributed by atoms with Gasteiger partial charge in [0.2, 0.25) is 0 Å². The lowest BCUT2D eigenvalue weighted by Crippen LogP contribution is -2.52. The quantitative estimate of drug-likeness (QED) is 0.705. The van der Waals surface area contributed by atoms with Crippen LogP contribution in [0.3, 0.4) is 0 Å². The molecule has 7 nitrogen and oxygen atoms in total. The Bertz CT molecular complexity index is 583. The molecule has 1 aliphatic rings. The maximum Gasteiger partial charge on any atom is 0.319 e. The van der Waals surface area contributed by atoms with Crippen LogP contribution in [0.1, 0.15) is 19.3 Å². The molecular formula is C16H21FN2O5. The highest BCUT2D eigenvalue weighted by molar-refractivity contribution is 5.89. The number of anilines is 1. The van der Waals surface area contributed by atoms with Gasteiger partial charge in [-0.3, -0.25) is 4.79 Å². The monoisotopic (exact) mass is 340 g/mol. The average molecular weight is 340 g/mol. The summed E-state index contributed by atoms with van der Waals surface area (Å²) < 4.78 is 23.3. The Kier molecular flexibility index (Phi) is 6.51. The number of carbonyl (C=O) groups excluding carboxylic acids is 2. The summed E-state index contributed by atoms with van der Waals surface area (Å²) in [5, 5.41) is 14.7. The fraction of sp³-hybridized carbons (Fsp3) is 0.500. The predicted molar refractivity (Wildman–Crippen MR) is 84.0 cm³/mol. The third-order valence-corrected chi connectivity index (χ3v) is 3.82. The minimum Gasteiger partial charge on any atom is -0.469 e. The van der Waals surface area contributed by atoms with Crippen molar-refractivity contribution in [1.82, 2.24) is 5.32 Å². The van der Waals surface area contributed by atoms with Crippen molar-refractivity contribution in [2.45, 2.75) is 37.5 Å². The van der Waals surface area contributed by atoms with Gasteiger partial charge in [0.25, 0.3) is 0 Å². The van der Waals surface area contributed by atoms with Crippen LogP contribution in [0.5, 0.6) is 0 Å². The van der Waals surface area contributed by atoms with Gasteiger partial charge in [0.05, 0.1) is 32.3 Å². The molecule has 8 heteroatoms. The minimum absolute atomic E-state index is 0.106. The summed E-state index contributed by atoms with van der Waals surface area (Å²) in [5.41, 5.74) is 0.327. The first kappa shape index (κ1) is 18.2. The van der Waals surface area contributed by atoms with Crippen LogP contribution in [0.2, 0.25) is 0 Å². The Morgan fingerprint density at radius 2 is 2.21 bits per heavy atom. The average Bonchev–Trinajstić information content (AvgIpc) is 2.56. The van der Waals surface area contributed by atoms with Crippen molar-refractivity contribution in [3.8, 4) is 0 Å². The van der Waals surface area contributed by atoms with E-state index in [1.807, 2.05) is 0 Å². The smallest absolute Gasteiger partial charge is 0.319 e. The predicted octanol–water partition coefficient (Wildman–Crippen LogP) is 1.42. The van der Waals surface area contributed by atoms with Gasteiger partial charge >= 0.3 is 12.0 Å². The number of halogens is 1. The number of esters is 1. The Hall–Kier alpha value is -2.19. The number of nitrogens with one attached hydrogen (secondary N) is 2. The van der Waals surface area contributed by atoms with Crippen LogP contribution < -0.4 is 10.6 Å². The highest BCUT2D eigenvalue weighted by Crippen LogP contribution is 2.22. The molecule has 3 atom stereocenters. The molecule has 1 fully saturated rings. The normalized spacial score (nSPS) is 23.4. The molecule has 0 saturated carbocycles. The zero-order valence-corrected chi connectivity index (χ0v) is 13.3. The fourth-order valence-corrected chi connectivity index (χ4v) is 2.62. The second-order valence-corrected chi connectivity index (χ2v) is 5.55. The molecule has 0 aromatic heterocycles. The molecule has 1 aliphatic heterocycles. The number of hydrogen-bond acceptors (Lipinski definition) is 5. The molecule has 24 heavy (non-hydrogen) atoms. The van der Waals surface area contributed by atoms with E-state index in [2.05, 4.69) is 15.4 Å². The number of methoxy groups -OCH3 is 1. The maximum atomic E-state index is 13.1. The van der Waals surface area contributed by atoms with E-state index in [9.17, 15) is 19.1 Å². The van der Waals surface area contributed by atoms with Crippen LogP contribution >= 0.6 is 0 Å². The summed E-state index contributed by atoms with van der Waals surface area (Å²) in [7, 11) is 1.30. The van der Waals surface area contributed by atoms with Crippen molar-refractivity contribution in [3.05, 3.63) is 30.1 Å². The van der Waals surface area contributed by atoms with Gasteiger partial charge in [-0.05, 0) is 31.0 Å². The summed E-state index contributed by atoms with van der Waals surface area (Å²) >= 11 is 0. The van der Waals surface area contributed by atoms with E-state index >= 15 is 0 Å². The van der Waals surface area contributed by atoms with Gasteiger partial charge in [0.15, 0.2) is 0 Å². The van der Waals surface area contributed by atoms with Crippen molar-refractivity contribution in [3.63, 3.8) is 0 Å². The van der Waals surface area contributed by atoms with Crippen LogP contribution in [-0.4, -0.2) is 49.1 Å². The molecule has 1 saturated heterocycles. The van der Waals surface area contributed by atoms with E-state index in [-0.39, 0.29) is 25.1 Å². The van der Waals surface area contributed by atoms with Crippen molar-refractivity contribution in [1.29, 1.82) is 0 Å². The van der Waals surface area contributed by atoms with Gasteiger partial charge in [0, 0.05) is 5.69 Å². The summed E-state index contributed by atoms with van der Waals surface area (Å²) in [6, 6.07) is 4.61. The highest BCUT2D eigenvalue weighted by Gasteiger charge is 2.33. The van der Waals surface area contributed by atoms with Gasteiger partial charge in [-0.15, -0.1) is 0 Å². The van der Waals surface area contributed by atoms with Crippen LogP contribution in [0, 0.1) is 5.82 Å². The van der Waals surface area contributed by atoms with Gasteiger partial charge in [-0.1, -0.05) is 6.07 Å². The topological polar surface area (TPSA) is 96.9 Å². The Labute approximate surface area is 139 Å². The summed E-state index contributed by atoms with van der Waals surface area (Å²) in [6.45, 7) is -0.289. The Morgan fingerprint density at radius 1 is 1.42 bits per heavy atom. The van der Waals surface area contributed by atoms with Gasteiger partial charge in [0.1, 0.15) is 11.9 Å². The molecule has 1 aromatic rings. The highest BCUT2D eigenvalue weighted by atomic mass is 19.1. The largest absolute Gasteiger partial charge is 0.469 e. The third-order valence-electron chi connectivity index (χ3n) is 3.82. The van der Waals surface area contributed by atoms with Gasteiger partial charge in [-0.2, -0.15) is 0 Å². The van der Waals surface area contributed by atoms with Crippen LogP contribution in [-0.2, 0) is 14.3 Å². The number of rotatable bonds is 5. The lowest BCUT2D eigenvalue weighted by Gasteiger charge is -2.35. The van der Waals surface area contributed by atoms with E-state index in [1.165, 1.54) is 25.3 Å².